The second kappa shape index (κ2) is 8.14. The van der Waals surface area contributed by atoms with Crippen molar-refractivity contribution in [3.63, 3.8) is 0 Å². The quantitative estimate of drug-likeness (QED) is 0.699. The van der Waals surface area contributed by atoms with Gasteiger partial charge in [-0.15, -0.1) is 5.10 Å². The van der Waals surface area contributed by atoms with Crippen molar-refractivity contribution in [2.75, 3.05) is 0 Å². The Hall–Kier alpha value is -3.67. The van der Waals surface area contributed by atoms with Crippen LogP contribution in [0.5, 0.6) is 5.88 Å². The lowest BCUT2D eigenvalue weighted by Gasteiger charge is -2.29. The van der Waals surface area contributed by atoms with Gasteiger partial charge in [0.1, 0.15) is 18.7 Å². The summed E-state index contributed by atoms with van der Waals surface area (Å²) in [5.74, 6) is 0.274. The molecule has 148 valence electrons. The van der Waals surface area contributed by atoms with E-state index in [1.807, 2.05) is 6.07 Å². The fourth-order valence-electron chi connectivity index (χ4n) is 3.49. The van der Waals surface area contributed by atoms with Crippen LogP contribution in [-0.2, 0) is 11.3 Å². The van der Waals surface area contributed by atoms with Gasteiger partial charge in [0, 0.05) is 24.5 Å². The van der Waals surface area contributed by atoms with Crippen LogP contribution >= 0.6 is 0 Å². The predicted octanol–water partition coefficient (Wildman–Crippen LogP) is 1.27. The summed E-state index contributed by atoms with van der Waals surface area (Å²) in [7, 11) is 0. The second-order valence-corrected chi connectivity index (χ2v) is 7.02. The van der Waals surface area contributed by atoms with Crippen LogP contribution in [0.4, 0.5) is 0 Å². The smallest absolute Gasteiger partial charge is 0.350 e. The molecule has 0 saturated heterocycles. The average Bonchev–Trinajstić information content (AvgIpc) is 3.05. The predicted molar refractivity (Wildman–Crippen MR) is 103 cm³/mol. The molecular formula is C20H20N6O3. The molecule has 0 spiro atoms. The van der Waals surface area contributed by atoms with E-state index < -0.39 is 0 Å². The van der Waals surface area contributed by atoms with Gasteiger partial charge in [-0.2, -0.15) is 5.26 Å². The van der Waals surface area contributed by atoms with E-state index in [2.05, 4.69) is 15.4 Å². The molecule has 3 heterocycles. The molecule has 4 rings (SSSR count). The second-order valence-electron chi connectivity index (χ2n) is 7.02. The number of rotatable bonds is 5. The molecule has 0 unspecified atom stereocenters. The van der Waals surface area contributed by atoms with Gasteiger partial charge in [-0.25, -0.2) is 14.5 Å². The number of pyridine rings is 2. The molecule has 1 N–H and O–H groups in total. The van der Waals surface area contributed by atoms with Gasteiger partial charge in [-0.05, 0) is 43.9 Å². The molecule has 1 amide bonds. The molecule has 1 aliphatic rings. The third-order valence-corrected chi connectivity index (χ3v) is 4.97. The van der Waals surface area contributed by atoms with E-state index >= 15 is 0 Å². The molecule has 0 bridgehead atoms. The van der Waals surface area contributed by atoms with Crippen LogP contribution < -0.4 is 15.7 Å². The lowest BCUT2D eigenvalue weighted by Crippen LogP contribution is -2.42. The fraction of sp³-hybridized carbons (Fsp3) is 0.350. The number of hydrogen-bond acceptors (Lipinski definition) is 6. The number of ether oxygens (including phenoxy) is 1. The molecule has 3 aromatic heterocycles. The summed E-state index contributed by atoms with van der Waals surface area (Å²) in [5, 5.41) is 16.0. The van der Waals surface area contributed by atoms with E-state index in [4.69, 9.17) is 10.00 Å². The minimum Gasteiger partial charge on any atom is -0.474 e. The normalized spacial score (nSPS) is 18.9. The topological polar surface area (TPSA) is 114 Å². The maximum absolute atomic E-state index is 12.4. The summed E-state index contributed by atoms with van der Waals surface area (Å²) in [4.78, 5) is 28.7. The molecule has 0 atom stereocenters. The Kier molecular flexibility index (Phi) is 5.24. The highest BCUT2D eigenvalue weighted by Crippen LogP contribution is 2.23. The van der Waals surface area contributed by atoms with Gasteiger partial charge in [-0.3, -0.25) is 9.20 Å². The van der Waals surface area contributed by atoms with Crippen molar-refractivity contribution in [1.82, 2.24) is 24.5 Å². The van der Waals surface area contributed by atoms with Crippen molar-refractivity contribution in [3.05, 3.63) is 58.8 Å². The zero-order chi connectivity index (χ0) is 20.2. The van der Waals surface area contributed by atoms with Crippen LogP contribution in [0.1, 0.15) is 31.2 Å². The molecule has 0 radical (unpaired) electrons. The number of nitrogens with zero attached hydrogens (tertiary/aromatic N) is 5. The molecule has 1 aliphatic carbocycles. The monoisotopic (exact) mass is 392 g/mol. The van der Waals surface area contributed by atoms with E-state index in [0.717, 1.165) is 25.7 Å². The third kappa shape index (κ3) is 4.27. The van der Waals surface area contributed by atoms with E-state index in [-0.39, 0.29) is 30.3 Å². The number of nitriles is 1. The first kappa shape index (κ1) is 18.7. The lowest BCUT2D eigenvalue weighted by molar-refractivity contribution is -0.123. The Bertz CT molecular complexity index is 1100. The van der Waals surface area contributed by atoms with Gasteiger partial charge in [0.25, 0.3) is 0 Å². The maximum atomic E-state index is 12.4. The van der Waals surface area contributed by atoms with E-state index in [0.29, 0.717) is 17.1 Å². The Morgan fingerprint density at radius 1 is 1.24 bits per heavy atom. The Labute approximate surface area is 166 Å². The van der Waals surface area contributed by atoms with Crippen molar-refractivity contribution >= 4 is 11.6 Å². The van der Waals surface area contributed by atoms with Gasteiger partial charge < -0.3 is 10.1 Å². The van der Waals surface area contributed by atoms with Crippen LogP contribution in [0.2, 0.25) is 0 Å². The van der Waals surface area contributed by atoms with Gasteiger partial charge in [0.2, 0.25) is 11.8 Å². The third-order valence-electron chi connectivity index (χ3n) is 4.97. The molecule has 1 saturated carbocycles. The minimum absolute atomic E-state index is 0.0321. The van der Waals surface area contributed by atoms with Crippen LogP contribution in [0.3, 0.4) is 0 Å². The number of hydrogen-bond donors (Lipinski definition) is 1. The average molecular weight is 392 g/mol. The lowest BCUT2D eigenvalue weighted by atomic mass is 9.93. The zero-order valence-corrected chi connectivity index (χ0v) is 15.7. The standard InChI is InChI=1S/C20H20N6O3/c21-11-14-4-9-19(22-12-14)29-16-7-5-15(6-8-16)23-18(27)13-26-20(28)25-10-2-1-3-17(25)24-26/h1-4,9-10,12,15-16H,5-8,13H2,(H,23,27). The molecule has 9 heteroatoms. The largest absolute Gasteiger partial charge is 0.474 e. The highest BCUT2D eigenvalue weighted by molar-refractivity contribution is 5.76. The Morgan fingerprint density at radius 3 is 2.76 bits per heavy atom. The molecule has 1 fully saturated rings. The first-order valence-electron chi connectivity index (χ1n) is 9.49. The first-order chi connectivity index (χ1) is 14.1. The number of nitrogens with one attached hydrogen (secondary N) is 1. The summed E-state index contributed by atoms with van der Waals surface area (Å²) in [6.07, 6.45) is 6.30. The first-order valence-corrected chi connectivity index (χ1v) is 9.49. The molecular weight excluding hydrogens is 372 g/mol. The number of fused-ring (bicyclic) bond motifs is 1. The SMILES string of the molecule is N#Cc1ccc(OC2CCC(NC(=O)Cn3nc4ccccn4c3=O)CC2)nc1. The van der Waals surface area contributed by atoms with E-state index in [9.17, 15) is 9.59 Å². The van der Waals surface area contributed by atoms with Gasteiger partial charge in [-0.1, -0.05) is 6.07 Å². The van der Waals surface area contributed by atoms with Crippen molar-refractivity contribution in [2.24, 2.45) is 0 Å². The Morgan fingerprint density at radius 2 is 2.07 bits per heavy atom. The molecule has 3 aromatic rings. The molecule has 0 aromatic carbocycles. The van der Waals surface area contributed by atoms with Crippen LogP contribution in [0, 0.1) is 11.3 Å². The maximum Gasteiger partial charge on any atom is 0.350 e. The summed E-state index contributed by atoms with van der Waals surface area (Å²) < 4.78 is 8.45. The molecule has 9 nitrogen and oxygen atoms in total. The highest BCUT2D eigenvalue weighted by atomic mass is 16.5. The highest BCUT2D eigenvalue weighted by Gasteiger charge is 2.24. The van der Waals surface area contributed by atoms with Gasteiger partial charge in [0.15, 0.2) is 5.65 Å². The van der Waals surface area contributed by atoms with E-state index in [1.165, 1.54) is 15.3 Å². The van der Waals surface area contributed by atoms with Crippen molar-refractivity contribution < 1.29 is 9.53 Å². The zero-order valence-electron chi connectivity index (χ0n) is 15.7. The Balaban J connectivity index is 1.27. The van der Waals surface area contributed by atoms with Gasteiger partial charge in [0.05, 0.1) is 5.56 Å². The van der Waals surface area contributed by atoms with Crippen LogP contribution in [-0.4, -0.2) is 37.2 Å². The number of aromatic nitrogens is 4. The van der Waals surface area contributed by atoms with Crippen LogP contribution in [0.25, 0.3) is 5.65 Å². The molecule has 29 heavy (non-hydrogen) atoms. The van der Waals surface area contributed by atoms with Crippen molar-refractivity contribution in [1.29, 1.82) is 5.26 Å². The van der Waals surface area contributed by atoms with Crippen molar-refractivity contribution in [3.8, 4) is 11.9 Å². The number of carbonyl (C=O) groups is 1. The van der Waals surface area contributed by atoms with Crippen molar-refractivity contribution in [2.45, 2.75) is 44.4 Å². The van der Waals surface area contributed by atoms with E-state index in [1.54, 1.807) is 36.5 Å². The fourth-order valence-corrected chi connectivity index (χ4v) is 3.49. The number of amides is 1. The summed E-state index contributed by atoms with van der Waals surface area (Å²) in [6, 6.07) is 10.7. The summed E-state index contributed by atoms with van der Waals surface area (Å²) >= 11 is 0. The van der Waals surface area contributed by atoms with Crippen LogP contribution in [0.15, 0.2) is 47.5 Å². The van der Waals surface area contributed by atoms with Gasteiger partial charge >= 0.3 is 5.69 Å². The summed E-state index contributed by atoms with van der Waals surface area (Å²) in [6.45, 7) is -0.105. The number of carbonyl (C=O) groups excluding carboxylic acids is 1. The minimum atomic E-state index is -0.331. The summed E-state index contributed by atoms with van der Waals surface area (Å²) in [5.41, 5.74) is 0.677. The molecule has 0 aliphatic heterocycles.